The molecule has 1 aliphatic rings. The summed E-state index contributed by atoms with van der Waals surface area (Å²) in [6.45, 7) is 1.62. The number of rotatable bonds is 5. The number of hydrogen-bond donors (Lipinski definition) is 2. The second-order valence-electron chi connectivity index (χ2n) is 5.25. The Balaban J connectivity index is 1.75. The Labute approximate surface area is 120 Å². The van der Waals surface area contributed by atoms with E-state index in [-0.39, 0.29) is 11.9 Å². The van der Waals surface area contributed by atoms with E-state index in [1.54, 1.807) is 7.11 Å². The monoisotopic (exact) mass is 276 g/mol. The summed E-state index contributed by atoms with van der Waals surface area (Å²) in [6.07, 6.45) is 5.32. The van der Waals surface area contributed by atoms with Crippen LogP contribution in [0.2, 0.25) is 0 Å². The number of benzene rings is 1. The third-order valence-electron chi connectivity index (χ3n) is 3.72. The van der Waals surface area contributed by atoms with E-state index in [0.29, 0.717) is 6.54 Å². The second-order valence-corrected chi connectivity index (χ2v) is 5.25. The van der Waals surface area contributed by atoms with Gasteiger partial charge < -0.3 is 15.4 Å². The van der Waals surface area contributed by atoms with Crippen molar-refractivity contribution in [3.8, 4) is 5.75 Å². The van der Waals surface area contributed by atoms with Crippen LogP contribution in [0.25, 0.3) is 0 Å². The molecule has 1 heterocycles. The van der Waals surface area contributed by atoms with Crippen molar-refractivity contribution in [1.29, 1.82) is 0 Å². The molecule has 4 heteroatoms. The van der Waals surface area contributed by atoms with E-state index in [0.717, 1.165) is 31.6 Å². The fourth-order valence-corrected chi connectivity index (χ4v) is 2.53. The van der Waals surface area contributed by atoms with E-state index >= 15 is 0 Å². The Morgan fingerprint density at radius 3 is 3.15 bits per heavy atom. The van der Waals surface area contributed by atoms with Crippen LogP contribution in [0.15, 0.2) is 24.3 Å². The van der Waals surface area contributed by atoms with Crippen molar-refractivity contribution >= 4 is 5.91 Å². The molecule has 0 bridgehead atoms. The van der Waals surface area contributed by atoms with Crippen LogP contribution in [0.4, 0.5) is 0 Å². The van der Waals surface area contributed by atoms with Crippen molar-refractivity contribution < 1.29 is 9.53 Å². The molecule has 110 valence electrons. The molecule has 1 saturated heterocycles. The Kier molecular flexibility index (Phi) is 5.87. The normalized spacial score (nSPS) is 19.1. The Morgan fingerprint density at radius 1 is 1.40 bits per heavy atom. The molecule has 1 amide bonds. The summed E-state index contributed by atoms with van der Waals surface area (Å²) in [4.78, 5) is 12.1. The predicted octanol–water partition coefficient (Wildman–Crippen LogP) is 1.89. The van der Waals surface area contributed by atoms with Gasteiger partial charge in [-0.1, -0.05) is 25.0 Å². The molecule has 20 heavy (non-hydrogen) atoms. The molecule has 0 saturated carbocycles. The summed E-state index contributed by atoms with van der Waals surface area (Å²) in [5, 5.41) is 6.34. The van der Waals surface area contributed by atoms with Gasteiger partial charge in [-0.2, -0.15) is 0 Å². The molecule has 0 spiro atoms. The number of amides is 1. The van der Waals surface area contributed by atoms with Gasteiger partial charge in [-0.3, -0.25) is 4.79 Å². The number of ether oxygens (including phenoxy) is 1. The van der Waals surface area contributed by atoms with Crippen molar-refractivity contribution in [2.24, 2.45) is 0 Å². The van der Waals surface area contributed by atoms with Crippen molar-refractivity contribution in [2.45, 2.75) is 38.1 Å². The first-order valence-electron chi connectivity index (χ1n) is 7.43. The first kappa shape index (κ1) is 14.9. The Hall–Kier alpha value is -1.55. The van der Waals surface area contributed by atoms with E-state index in [1.807, 2.05) is 18.2 Å². The summed E-state index contributed by atoms with van der Waals surface area (Å²) in [7, 11) is 1.67. The predicted molar refractivity (Wildman–Crippen MR) is 80.0 cm³/mol. The fourth-order valence-electron chi connectivity index (χ4n) is 2.53. The number of methoxy groups -OCH3 is 1. The highest BCUT2D eigenvalue weighted by Crippen LogP contribution is 2.12. The van der Waals surface area contributed by atoms with Gasteiger partial charge in [-0.05, 0) is 43.5 Å². The highest BCUT2D eigenvalue weighted by atomic mass is 16.5. The maximum Gasteiger partial charge on any atom is 0.237 e. The van der Waals surface area contributed by atoms with Crippen LogP contribution < -0.4 is 15.4 Å². The molecule has 4 nitrogen and oxygen atoms in total. The lowest BCUT2D eigenvalue weighted by Crippen LogP contribution is -2.44. The highest BCUT2D eigenvalue weighted by Gasteiger charge is 2.18. The molecule has 1 aliphatic heterocycles. The molecule has 0 radical (unpaired) electrons. The molecular formula is C16H24N2O2. The van der Waals surface area contributed by atoms with E-state index in [1.165, 1.54) is 18.4 Å². The molecule has 1 aromatic carbocycles. The standard InChI is InChI=1S/C16H24N2O2/c1-20-14-7-5-6-13(12-14)9-11-18-16(19)15-8-3-2-4-10-17-15/h5-7,12,15,17H,2-4,8-11H2,1H3,(H,18,19). The molecule has 1 atom stereocenters. The average Bonchev–Trinajstić information content (AvgIpc) is 2.76. The van der Waals surface area contributed by atoms with E-state index in [2.05, 4.69) is 16.7 Å². The van der Waals surface area contributed by atoms with Gasteiger partial charge in [0.2, 0.25) is 5.91 Å². The zero-order chi connectivity index (χ0) is 14.2. The van der Waals surface area contributed by atoms with Crippen molar-refractivity contribution in [2.75, 3.05) is 20.2 Å². The lowest BCUT2D eigenvalue weighted by molar-refractivity contribution is -0.123. The van der Waals surface area contributed by atoms with Gasteiger partial charge in [0, 0.05) is 6.54 Å². The summed E-state index contributed by atoms with van der Waals surface area (Å²) in [5.74, 6) is 0.994. The second kappa shape index (κ2) is 7.90. The average molecular weight is 276 g/mol. The minimum absolute atomic E-state index is 0.0113. The van der Waals surface area contributed by atoms with Crippen molar-refractivity contribution in [3.63, 3.8) is 0 Å². The van der Waals surface area contributed by atoms with Crippen LogP contribution >= 0.6 is 0 Å². The minimum atomic E-state index is -0.0113. The lowest BCUT2D eigenvalue weighted by atomic mass is 10.1. The zero-order valence-corrected chi connectivity index (χ0v) is 12.2. The summed E-state index contributed by atoms with van der Waals surface area (Å²) in [5.41, 5.74) is 1.18. The summed E-state index contributed by atoms with van der Waals surface area (Å²) < 4.78 is 5.19. The molecule has 0 aromatic heterocycles. The van der Waals surface area contributed by atoms with Gasteiger partial charge in [0.25, 0.3) is 0 Å². The topological polar surface area (TPSA) is 50.4 Å². The Bertz CT molecular complexity index is 426. The van der Waals surface area contributed by atoms with Crippen molar-refractivity contribution in [1.82, 2.24) is 10.6 Å². The number of nitrogens with one attached hydrogen (secondary N) is 2. The van der Waals surface area contributed by atoms with Gasteiger partial charge in [0.15, 0.2) is 0 Å². The maximum absolute atomic E-state index is 12.1. The highest BCUT2D eigenvalue weighted by molar-refractivity contribution is 5.81. The molecule has 0 aliphatic carbocycles. The first-order chi connectivity index (χ1) is 9.79. The third-order valence-corrected chi connectivity index (χ3v) is 3.72. The van der Waals surface area contributed by atoms with Gasteiger partial charge in [0.1, 0.15) is 5.75 Å². The van der Waals surface area contributed by atoms with Crippen LogP contribution in [0, 0.1) is 0 Å². The molecular weight excluding hydrogens is 252 g/mol. The van der Waals surface area contributed by atoms with E-state index in [4.69, 9.17) is 4.74 Å². The lowest BCUT2D eigenvalue weighted by Gasteiger charge is -2.15. The Morgan fingerprint density at radius 2 is 2.30 bits per heavy atom. The maximum atomic E-state index is 12.1. The summed E-state index contributed by atoms with van der Waals surface area (Å²) in [6, 6.07) is 7.96. The third kappa shape index (κ3) is 4.53. The van der Waals surface area contributed by atoms with Gasteiger partial charge >= 0.3 is 0 Å². The van der Waals surface area contributed by atoms with Crippen LogP contribution in [0.1, 0.15) is 31.2 Å². The molecule has 1 unspecified atom stereocenters. The number of carbonyl (C=O) groups is 1. The van der Waals surface area contributed by atoms with Gasteiger partial charge in [-0.25, -0.2) is 0 Å². The van der Waals surface area contributed by atoms with Crippen LogP contribution in [0.3, 0.4) is 0 Å². The van der Waals surface area contributed by atoms with Crippen LogP contribution in [0.5, 0.6) is 5.75 Å². The first-order valence-corrected chi connectivity index (χ1v) is 7.43. The number of carbonyl (C=O) groups excluding carboxylic acids is 1. The van der Waals surface area contributed by atoms with Crippen LogP contribution in [-0.2, 0) is 11.2 Å². The minimum Gasteiger partial charge on any atom is -0.497 e. The zero-order valence-electron chi connectivity index (χ0n) is 12.2. The van der Waals surface area contributed by atoms with Crippen LogP contribution in [-0.4, -0.2) is 32.1 Å². The van der Waals surface area contributed by atoms with Gasteiger partial charge in [-0.15, -0.1) is 0 Å². The fraction of sp³-hybridized carbons (Fsp3) is 0.562. The van der Waals surface area contributed by atoms with E-state index < -0.39 is 0 Å². The quantitative estimate of drug-likeness (QED) is 0.863. The molecule has 2 N–H and O–H groups in total. The van der Waals surface area contributed by atoms with E-state index in [9.17, 15) is 4.79 Å². The SMILES string of the molecule is COc1cccc(CCNC(=O)C2CCCCCN2)c1. The smallest absolute Gasteiger partial charge is 0.237 e. The summed E-state index contributed by atoms with van der Waals surface area (Å²) >= 11 is 0. The van der Waals surface area contributed by atoms with Crippen molar-refractivity contribution in [3.05, 3.63) is 29.8 Å². The largest absolute Gasteiger partial charge is 0.497 e. The van der Waals surface area contributed by atoms with Gasteiger partial charge in [0.05, 0.1) is 13.2 Å². The molecule has 1 aromatic rings. The number of hydrogen-bond acceptors (Lipinski definition) is 3. The molecule has 2 rings (SSSR count). The molecule has 1 fully saturated rings.